The van der Waals surface area contributed by atoms with Gasteiger partial charge in [0.25, 0.3) is 0 Å². The normalized spacial score (nSPS) is 24.0. The highest BCUT2D eigenvalue weighted by atomic mass is 16.5. The monoisotopic (exact) mass is 265 g/mol. The highest BCUT2D eigenvalue weighted by Crippen LogP contribution is 2.26. The van der Waals surface area contributed by atoms with Crippen LogP contribution in [0.4, 0.5) is 0 Å². The van der Waals surface area contributed by atoms with Gasteiger partial charge in [-0.25, -0.2) is 0 Å². The summed E-state index contributed by atoms with van der Waals surface area (Å²) in [5, 5.41) is 3.38. The minimum absolute atomic E-state index is 0.442. The van der Waals surface area contributed by atoms with Crippen molar-refractivity contribution in [1.29, 1.82) is 0 Å². The topological polar surface area (TPSA) is 34.4 Å². The van der Waals surface area contributed by atoms with Gasteiger partial charge in [-0.2, -0.15) is 0 Å². The standard InChI is InChI=1S/C16H27NO2/c1-12(2)17-10-16-14(8-9-18-16)11-19-15-6-4-13(3)5-7-15/h8-9,12-13,15,17H,4-7,10-11H2,1-3H3. The number of nitrogens with one attached hydrogen (secondary N) is 1. The Morgan fingerprint density at radius 3 is 2.74 bits per heavy atom. The molecule has 0 amide bonds. The predicted octanol–water partition coefficient (Wildman–Crippen LogP) is 3.87. The highest BCUT2D eigenvalue weighted by Gasteiger charge is 2.19. The molecule has 1 aliphatic carbocycles. The van der Waals surface area contributed by atoms with E-state index in [9.17, 15) is 0 Å². The van der Waals surface area contributed by atoms with Gasteiger partial charge in [0.2, 0.25) is 0 Å². The minimum Gasteiger partial charge on any atom is -0.468 e. The number of hydrogen-bond acceptors (Lipinski definition) is 3. The van der Waals surface area contributed by atoms with Gasteiger partial charge in [-0.05, 0) is 37.7 Å². The molecule has 0 atom stereocenters. The molecule has 1 aliphatic rings. The Labute approximate surface area is 116 Å². The Balaban J connectivity index is 1.78. The molecule has 1 fully saturated rings. The fourth-order valence-corrected chi connectivity index (χ4v) is 2.55. The first-order valence-electron chi connectivity index (χ1n) is 7.55. The summed E-state index contributed by atoms with van der Waals surface area (Å²) >= 11 is 0. The third-order valence-electron chi connectivity index (χ3n) is 3.95. The fourth-order valence-electron chi connectivity index (χ4n) is 2.55. The van der Waals surface area contributed by atoms with Crippen LogP contribution in [0, 0.1) is 5.92 Å². The van der Waals surface area contributed by atoms with Crippen molar-refractivity contribution in [3.8, 4) is 0 Å². The van der Waals surface area contributed by atoms with E-state index in [0.717, 1.165) is 18.2 Å². The maximum atomic E-state index is 6.04. The van der Waals surface area contributed by atoms with Gasteiger partial charge in [0, 0.05) is 11.6 Å². The van der Waals surface area contributed by atoms with Crippen LogP contribution in [-0.2, 0) is 17.9 Å². The van der Waals surface area contributed by atoms with Crippen molar-refractivity contribution in [2.45, 2.75) is 71.8 Å². The highest BCUT2D eigenvalue weighted by molar-refractivity contribution is 5.15. The average Bonchev–Trinajstić information content (AvgIpc) is 2.83. The molecule has 0 unspecified atom stereocenters. The molecular formula is C16H27NO2. The van der Waals surface area contributed by atoms with Crippen LogP contribution in [-0.4, -0.2) is 12.1 Å². The molecule has 0 saturated heterocycles. The van der Waals surface area contributed by atoms with Crippen molar-refractivity contribution in [2.75, 3.05) is 0 Å². The van der Waals surface area contributed by atoms with Crippen LogP contribution in [0.25, 0.3) is 0 Å². The number of hydrogen-bond donors (Lipinski definition) is 1. The second-order valence-electron chi connectivity index (χ2n) is 6.10. The Kier molecular flexibility index (Phi) is 5.46. The van der Waals surface area contributed by atoms with E-state index in [2.05, 4.69) is 26.1 Å². The summed E-state index contributed by atoms with van der Waals surface area (Å²) in [4.78, 5) is 0. The van der Waals surface area contributed by atoms with Crippen LogP contribution >= 0.6 is 0 Å². The largest absolute Gasteiger partial charge is 0.468 e. The predicted molar refractivity (Wildman–Crippen MR) is 76.9 cm³/mol. The maximum absolute atomic E-state index is 6.04. The minimum atomic E-state index is 0.442. The Hall–Kier alpha value is -0.800. The van der Waals surface area contributed by atoms with Crippen molar-refractivity contribution < 1.29 is 9.15 Å². The molecule has 0 bridgehead atoms. The van der Waals surface area contributed by atoms with Crippen LogP contribution in [0.5, 0.6) is 0 Å². The van der Waals surface area contributed by atoms with Crippen LogP contribution in [0.15, 0.2) is 16.7 Å². The van der Waals surface area contributed by atoms with Gasteiger partial charge in [-0.15, -0.1) is 0 Å². The molecule has 0 aromatic carbocycles. The zero-order valence-electron chi connectivity index (χ0n) is 12.4. The van der Waals surface area contributed by atoms with E-state index in [1.165, 1.54) is 31.2 Å². The van der Waals surface area contributed by atoms with Crippen molar-refractivity contribution in [3.63, 3.8) is 0 Å². The molecule has 1 saturated carbocycles. The van der Waals surface area contributed by atoms with Gasteiger partial charge in [0.15, 0.2) is 0 Å². The van der Waals surface area contributed by atoms with Crippen molar-refractivity contribution in [2.24, 2.45) is 5.92 Å². The van der Waals surface area contributed by atoms with Crippen LogP contribution in [0.1, 0.15) is 57.8 Å². The zero-order chi connectivity index (χ0) is 13.7. The van der Waals surface area contributed by atoms with E-state index < -0.39 is 0 Å². The SMILES string of the molecule is CC1CCC(OCc2ccoc2CNC(C)C)CC1. The molecule has 1 heterocycles. The smallest absolute Gasteiger partial charge is 0.123 e. The Bertz CT molecular complexity index is 365. The molecule has 19 heavy (non-hydrogen) atoms. The molecule has 1 N–H and O–H groups in total. The van der Waals surface area contributed by atoms with E-state index in [4.69, 9.17) is 9.15 Å². The lowest BCUT2D eigenvalue weighted by Gasteiger charge is -2.26. The van der Waals surface area contributed by atoms with Crippen LogP contribution < -0.4 is 5.32 Å². The summed E-state index contributed by atoms with van der Waals surface area (Å²) in [7, 11) is 0. The lowest BCUT2D eigenvalue weighted by molar-refractivity contribution is 0.00813. The van der Waals surface area contributed by atoms with E-state index in [0.29, 0.717) is 18.8 Å². The van der Waals surface area contributed by atoms with Gasteiger partial charge < -0.3 is 14.5 Å². The van der Waals surface area contributed by atoms with Crippen molar-refractivity contribution in [3.05, 3.63) is 23.7 Å². The molecule has 0 aliphatic heterocycles. The lowest BCUT2D eigenvalue weighted by Crippen LogP contribution is -2.23. The van der Waals surface area contributed by atoms with Crippen LogP contribution in [0.2, 0.25) is 0 Å². The fraction of sp³-hybridized carbons (Fsp3) is 0.750. The lowest BCUT2D eigenvalue weighted by atomic mass is 9.89. The summed E-state index contributed by atoms with van der Waals surface area (Å²) in [6.45, 7) is 8.09. The molecule has 1 aromatic heterocycles. The first-order chi connectivity index (χ1) is 9.15. The molecule has 2 rings (SSSR count). The Morgan fingerprint density at radius 2 is 2.05 bits per heavy atom. The first-order valence-corrected chi connectivity index (χ1v) is 7.55. The molecule has 3 nitrogen and oxygen atoms in total. The average molecular weight is 265 g/mol. The van der Waals surface area contributed by atoms with Gasteiger partial charge >= 0.3 is 0 Å². The molecule has 0 spiro atoms. The van der Waals surface area contributed by atoms with E-state index in [-0.39, 0.29) is 0 Å². The van der Waals surface area contributed by atoms with E-state index >= 15 is 0 Å². The first kappa shape index (κ1) is 14.6. The van der Waals surface area contributed by atoms with Gasteiger partial charge in [0.1, 0.15) is 5.76 Å². The summed E-state index contributed by atoms with van der Waals surface area (Å²) in [5.41, 5.74) is 1.19. The van der Waals surface area contributed by atoms with E-state index in [1.54, 1.807) is 6.26 Å². The van der Waals surface area contributed by atoms with Crippen molar-refractivity contribution in [1.82, 2.24) is 5.32 Å². The molecule has 0 radical (unpaired) electrons. The second kappa shape index (κ2) is 7.11. The molecule has 1 aromatic rings. The summed E-state index contributed by atoms with van der Waals surface area (Å²) in [5.74, 6) is 1.89. The Morgan fingerprint density at radius 1 is 1.32 bits per heavy atom. The van der Waals surface area contributed by atoms with Gasteiger partial charge in [0.05, 0.1) is 25.5 Å². The van der Waals surface area contributed by atoms with Crippen molar-refractivity contribution >= 4 is 0 Å². The summed E-state index contributed by atoms with van der Waals surface area (Å²) in [6, 6.07) is 2.50. The number of rotatable bonds is 6. The number of ether oxygens (including phenoxy) is 1. The zero-order valence-corrected chi connectivity index (χ0v) is 12.4. The third kappa shape index (κ3) is 4.66. The van der Waals surface area contributed by atoms with Crippen LogP contribution in [0.3, 0.4) is 0 Å². The molecule has 108 valence electrons. The van der Waals surface area contributed by atoms with Gasteiger partial charge in [-0.1, -0.05) is 20.8 Å². The van der Waals surface area contributed by atoms with Gasteiger partial charge in [-0.3, -0.25) is 0 Å². The quantitative estimate of drug-likeness (QED) is 0.847. The molecular weight excluding hydrogens is 238 g/mol. The summed E-state index contributed by atoms with van der Waals surface area (Å²) < 4.78 is 11.6. The molecule has 3 heteroatoms. The number of furan rings is 1. The second-order valence-corrected chi connectivity index (χ2v) is 6.10. The third-order valence-corrected chi connectivity index (χ3v) is 3.95. The maximum Gasteiger partial charge on any atom is 0.123 e. The summed E-state index contributed by atoms with van der Waals surface area (Å²) in [6.07, 6.45) is 7.23. The van der Waals surface area contributed by atoms with E-state index in [1.807, 2.05) is 6.07 Å².